The number of thiazole rings is 1. The summed E-state index contributed by atoms with van der Waals surface area (Å²) in [5, 5.41) is 13.4. The second-order valence-electron chi connectivity index (χ2n) is 6.37. The van der Waals surface area contributed by atoms with Crippen molar-refractivity contribution >= 4 is 43.2 Å². The minimum atomic E-state index is -4.47. The molecule has 3 aromatic rings. The predicted molar refractivity (Wildman–Crippen MR) is 107 cm³/mol. The van der Waals surface area contributed by atoms with E-state index in [1.54, 1.807) is 6.07 Å². The largest absolute Gasteiger partial charge is 0.491 e. The lowest BCUT2D eigenvalue weighted by molar-refractivity contribution is -0.137. The van der Waals surface area contributed by atoms with Crippen molar-refractivity contribution in [3.8, 4) is 5.75 Å². The third-order valence-corrected chi connectivity index (χ3v) is 6.11. The molecule has 29 heavy (non-hydrogen) atoms. The number of nitrogens with zero attached hydrogens (tertiary/aromatic N) is 2. The lowest BCUT2D eigenvalue weighted by atomic mass is 10.2. The molecule has 0 aliphatic carbocycles. The molecule has 3 rings (SSSR count). The van der Waals surface area contributed by atoms with E-state index < -0.39 is 17.8 Å². The number of fused-ring (bicyclic) bond motifs is 1. The van der Waals surface area contributed by atoms with Crippen LogP contribution in [-0.4, -0.2) is 49.3 Å². The van der Waals surface area contributed by atoms with Crippen LogP contribution < -0.4 is 15.0 Å². The first kappa shape index (κ1) is 21.3. The molecule has 1 amide bonds. The summed E-state index contributed by atoms with van der Waals surface area (Å²) in [7, 11) is 3.78. The number of hydrogen-bond donors (Lipinski definition) is 2. The number of carbonyl (C=O) groups is 1. The van der Waals surface area contributed by atoms with Gasteiger partial charge in [-0.05, 0) is 24.3 Å². The number of thiophene rings is 1. The van der Waals surface area contributed by atoms with E-state index in [1.807, 2.05) is 19.0 Å². The van der Waals surface area contributed by atoms with E-state index in [9.17, 15) is 23.1 Å². The number of amides is 1. The molecule has 1 aromatic carbocycles. The van der Waals surface area contributed by atoms with Crippen molar-refractivity contribution < 1.29 is 27.8 Å². The topological polar surface area (TPSA) is 74.7 Å². The molecule has 0 saturated heterocycles. The van der Waals surface area contributed by atoms with Crippen LogP contribution in [0.5, 0.6) is 5.75 Å². The van der Waals surface area contributed by atoms with Crippen LogP contribution in [0.3, 0.4) is 0 Å². The summed E-state index contributed by atoms with van der Waals surface area (Å²) in [6.07, 6.45) is -5.55. The fourth-order valence-corrected chi connectivity index (χ4v) is 4.39. The van der Waals surface area contributed by atoms with Crippen molar-refractivity contribution in [3.05, 3.63) is 40.8 Å². The maximum Gasteiger partial charge on any atom is 0.416 e. The van der Waals surface area contributed by atoms with Gasteiger partial charge >= 0.3 is 6.18 Å². The number of nitrogens with one attached hydrogen (secondary N) is 1. The minimum Gasteiger partial charge on any atom is -0.491 e. The highest BCUT2D eigenvalue weighted by atomic mass is 32.1. The number of halogens is 3. The zero-order valence-electron chi connectivity index (χ0n) is 15.5. The number of aliphatic hydroxyl groups is 1. The van der Waals surface area contributed by atoms with E-state index >= 15 is 0 Å². The van der Waals surface area contributed by atoms with Crippen LogP contribution in [0.2, 0.25) is 0 Å². The van der Waals surface area contributed by atoms with E-state index in [1.165, 1.54) is 34.8 Å². The van der Waals surface area contributed by atoms with Gasteiger partial charge in [0, 0.05) is 20.6 Å². The summed E-state index contributed by atoms with van der Waals surface area (Å²) in [6.45, 7) is -0.353. The highest BCUT2D eigenvalue weighted by molar-refractivity contribution is 7.29. The van der Waals surface area contributed by atoms with E-state index in [0.29, 0.717) is 4.88 Å². The summed E-state index contributed by atoms with van der Waals surface area (Å²) >= 11 is 2.72. The Bertz CT molecular complexity index is 970. The number of anilines is 1. The van der Waals surface area contributed by atoms with Gasteiger partial charge in [-0.25, -0.2) is 4.98 Å². The first-order chi connectivity index (χ1) is 13.6. The first-order valence-electron chi connectivity index (χ1n) is 8.47. The summed E-state index contributed by atoms with van der Waals surface area (Å²) in [6, 6.07) is 6.13. The molecule has 0 spiro atoms. The van der Waals surface area contributed by atoms with Crippen LogP contribution in [0, 0.1) is 0 Å². The van der Waals surface area contributed by atoms with Crippen LogP contribution >= 0.6 is 22.7 Å². The fourth-order valence-electron chi connectivity index (χ4n) is 2.34. The molecule has 0 fully saturated rings. The number of ether oxygens (including phenoxy) is 1. The Kier molecular flexibility index (Phi) is 6.30. The molecule has 156 valence electrons. The van der Waals surface area contributed by atoms with E-state index in [2.05, 4.69) is 10.3 Å². The van der Waals surface area contributed by atoms with E-state index in [-0.39, 0.29) is 24.8 Å². The Labute approximate surface area is 172 Å². The second kappa shape index (κ2) is 8.56. The van der Waals surface area contributed by atoms with Gasteiger partial charge in [0.05, 0.1) is 15.1 Å². The monoisotopic (exact) mass is 445 g/mol. The van der Waals surface area contributed by atoms with E-state index in [0.717, 1.165) is 26.8 Å². The quantitative estimate of drug-likeness (QED) is 0.581. The first-order valence-corrected chi connectivity index (χ1v) is 10.1. The maximum atomic E-state index is 12.7. The Balaban J connectivity index is 1.51. The zero-order chi connectivity index (χ0) is 21.2. The van der Waals surface area contributed by atoms with Gasteiger partial charge in [-0.15, -0.1) is 11.3 Å². The molecule has 0 radical (unpaired) electrons. The predicted octanol–water partition coefficient (Wildman–Crippen LogP) is 3.61. The standard InChI is InChI=1S/C18H18F3N3O3S2/c1-24(2)17-23-16-14(29-17)7-13(28-16)15(26)22-8-11(25)9-27-12-5-3-4-10(6-12)18(19,20)21/h3-7,11,25H,8-9H2,1-2H3,(H,22,26). The van der Waals surface area contributed by atoms with Gasteiger partial charge < -0.3 is 20.1 Å². The van der Waals surface area contributed by atoms with Gasteiger partial charge in [-0.2, -0.15) is 13.2 Å². The molecular formula is C18H18F3N3O3S2. The van der Waals surface area contributed by atoms with Crippen molar-refractivity contribution in [1.82, 2.24) is 10.3 Å². The number of aliphatic hydroxyl groups excluding tert-OH is 1. The van der Waals surface area contributed by atoms with Crippen molar-refractivity contribution in [3.63, 3.8) is 0 Å². The van der Waals surface area contributed by atoms with Gasteiger partial charge in [-0.3, -0.25) is 4.79 Å². The van der Waals surface area contributed by atoms with Crippen LogP contribution in [0.4, 0.5) is 18.3 Å². The van der Waals surface area contributed by atoms with Gasteiger partial charge in [0.15, 0.2) is 5.13 Å². The van der Waals surface area contributed by atoms with Gasteiger partial charge in [0.1, 0.15) is 23.3 Å². The summed E-state index contributed by atoms with van der Waals surface area (Å²) in [5.41, 5.74) is -0.832. The summed E-state index contributed by atoms with van der Waals surface area (Å²) in [5.74, 6) is -0.365. The highest BCUT2D eigenvalue weighted by Crippen LogP contribution is 2.34. The van der Waals surface area contributed by atoms with Crippen molar-refractivity contribution in [2.45, 2.75) is 12.3 Å². The Hall–Kier alpha value is -2.37. The smallest absolute Gasteiger partial charge is 0.416 e. The Morgan fingerprint density at radius 3 is 2.72 bits per heavy atom. The summed E-state index contributed by atoms with van der Waals surface area (Å²) in [4.78, 5) is 19.8. The Morgan fingerprint density at radius 2 is 2.07 bits per heavy atom. The molecule has 1 atom stereocenters. The molecule has 0 aliphatic heterocycles. The summed E-state index contributed by atoms with van der Waals surface area (Å²) < 4.78 is 44.2. The van der Waals surface area contributed by atoms with Crippen LogP contribution in [0.15, 0.2) is 30.3 Å². The van der Waals surface area contributed by atoms with E-state index in [4.69, 9.17) is 4.74 Å². The average molecular weight is 445 g/mol. The van der Waals surface area contributed by atoms with Crippen LogP contribution in [-0.2, 0) is 6.18 Å². The molecule has 6 nitrogen and oxygen atoms in total. The van der Waals surface area contributed by atoms with Crippen molar-refractivity contribution in [2.75, 3.05) is 32.1 Å². The van der Waals surface area contributed by atoms with Crippen LogP contribution in [0.25, 0.3) is 9.53 Å². The van der Waals surface area contributed by atoms with Crippen LogP contribution in [0.1, 0.15) is 15.2 Å². The normalized spacial score (nSPS) is 12.8. The molecule has 0 aliphatic rings. The molecular weight excluding hydrogens is 427 g/mol. The number of benzene rings is 1. The lowest BCUT2D eigenvalue weighted by Gasteiger charge is -2.14. The molecule has 1 unspecified atom stereocenters. The Morgan fingerprint density at radius 1 is 1.31 bits per heavy atom. The molecule has 0 bridgehead atoms. The van der Waals surface area contributed by atoms with Crippen molar-refractivity contribution in [1.29, 1.82) is 0 Å². The number of aromatic nitrogens is 1. The molecule has 0 saturated carbocycles. The number of rotatable bonds is 7. The molecule has 2 heterocycles. The third-order valence-electron chi connectivity index (χ3n) is 3.79. The number of hydrogen-bond acceptors (Lipinski definition) is 7. The zero-order valence-corrected chi connectivity index (χ0v) is 17.1. The van der Waals surface area contributed by atoms with Gasteiger partial charge in [0.2, 0.25) is 0 Å². The third kappa shape index (κ3) is 5.37. The second-order valence-corrected chi connectivity index (χ2v) is 8.41. The average Bonchev–Trinajstić information content (AvgIpc) is 3.23. The molecule has 2 aromatic heterocycles. The fraction of sp³-hybridized carbons (Fsp3) is 0.333. The number of alkyl halides is 3. The molecule has 11 heteroatoms. The SMILES string of the molecule is CN(C)c1nc2sc(C(=O)NCC(O)COc3cccc(C(F)(F)F)c3)cc2s1. The number of carbonyl (C=O) groups excluding carboxylic acids is 1. The van der Waals surface area contributed by atoms with Gasteiger partial charge in [-0.1, -0.05) is 17.4 Å². The minimum absolute atomic E-state index is 0.00790. The van der Waals surface area contributed by atoms with Gasteiger partial charge in [0.25, 0.3) is 5.91 Å². The lowest BCUT2D eigenvalue weighted by Crippen LogP contribution is -2.35. The molecule has 2 N–H and O–H groups in total. The highest BCUT2D eigenvalue weighted by Gasteiger charge is 2.30. The maximum absolute atomic E-state index is 12.7. The van der Waals surface area contributed by atoms with Crippen molar-refractivity contribution in [2.24, 2.45) is 0 Å².